The molecular weight excluding hydrogens is 282 g/mol. The molecule has 118 valence electrons. The number of oxazole rings is 1. The highest BCUT2D eigenvalue weighted by molar-refractivity contribution is 5.79. The van der Waals surface area contributed by atoms with Crippen LogP contribution in [0.1, 0.15) is 17.9 Å². The molecule has 1 atom stereocenters. The molecule has 0 saturated carbocycles. The number of likely N-dealkylation sites (tertiary alicyclic amines) is 1. The van der Waals surface area contributed by atoms with E-state index in [4.69, 9.17) is 8.83 Å². The lowest BCUT2D eigenvalue weighted by molar-refractivity contribution is -0.129. The predicted molar refractivity (Wildman–Crippen MR) is 81.3 cm³/mol. The molecule has 2 aromatic rings. The van der Waals surface area contributed by atoms with Crippen molar-refractivity contribution in [3.05, 3.63) is 29.9 Å². The second-order valence-corrected chi connectivity index (χ2v) is 5.73. The van der Waals surface area contributed by atoms with E-state index in [-0.39, 0.29) is 12.3 Å². The molecule has 0 bridgehead atoms. The average molecular weight is 303 g/mol. The number of hydrogen-bond acceptors (Lipinski definition) is 5. The van der Waals surface area contributed by atoms with Crippen molar-refractivity contribution < 1.29 is 13.6 Å². The van der Waals surface area contributed by atoms with Crippen LogP contribution in [0.3, 0.4) is 0 Å². The van der Waals surface area contributed by atoms with Gasteiger partial charge in [0.1, 0.15) is 5.76 Å². The minimum Gasteiger partial charge on any atom is -0.459 e. The van der Waals surface area contributed by atoms with Gasteiger partial charge in [0, 0.05) is 13.1 Å². The van der Waals surface area contributed by atoms with Crippen LogP contribution in [0.2, 0.25) is 0 Å². The third-order valence-corrected chi connectivity index (χ3v) is 4.07. The first kappa shape index (κ1) is 14.8. The van der Waals surface area contributed by atoms with Gasteiger partial charge in [-0.1, -0.05) is 0 Å². The van der Waals surface area contributed by atoms with Crippen LogP contribution in [-0.4, -0.2) is 42.5 Å². The normalized spacial score (nSPS) is 18.1. The number of amides is 1. The minimum atomic E-state index is 0.112. The Morgan fingerprint density at radius 1 is 1.55 bits per heavy atom. The molecule has 1 fully saturated rings. The second kappa shape index (κ2) is 6.36. The number of aromatic nitrogens is 1. The van der Waals surface area contributed by atoms with Gasteiger partial charge in [-0.3, -0.25) is 4.79 Å². The largest absolute Gasteiger partial charge is 0.459 e. The minimum absolute atomic E-state index is 0.112. The van der Waals surface area contributed by atoms with Crippen molar-refractivity contribution in [2.45, 2.75) is 19.8 Å². The lowest BCUT2D eigenvalue weighted by atomic mass is 10.1. The summed E-state index contributed by atoms with van der Waals surface area (Å²) in [6, 6.07) is 3.57. The molecule has 6 nitrogen and oxygen atoms in total. The Morgan fingerprint density at radius 3 is 3.14 bits per heavy atom. The number of nitrogens with one attached hydrogen (secondary N) is 1. The molecule has 3 rings (SSSR count). The molecule has 3 heterocycles. The van der Waals surface area contributed by atoms with Crippen molar-refractivity contribution in [2.24, 2.45) is 5.92 Å². The van der Waals surface area contributed by atoms with Crippen molar-refractivity contribution >= 4 is 5.91 Å². The fraction of sp³-hybridized carbons (Fsp3) is 0.500. The monoisotopic (exact) mass is 303 g/mol. The average Bonchev–Trinajstić information content (AvgIpc) is 3.21. The molecule has 6 heteroatoms. The molecule has 1 saturated heterocycles. The van der Waals surface area contributed by atoms with E-state index in [1.165, 1.54) is 0 Å². The van der Waals surface area contributed by atoms with Gasteiger partial charge in [-0.05, 0) is 45.0 Å². The van der Waals surface area contributed by atoms with Crippen molar-refractivity contribution in [3.63, 3.8) is 0 Å². The number of furan rings is 1. The SMILES string of the molecule is CNCC1CCN(C(=O)Cc2nc(-c3ccco3)oc2C)C1. The van der Waals surface area contributed by atoms with Crippen molar-refractivity contribution in [1.29, 1.82) is 0 Å². The lowest BCUT2D eigenvalue weighted by Crippen LogP contribution is -2.31. The quantitative estimate of drug-likeness (QED) is 0.912. The molecular formula is C16H21N3O3. The van der Waals surface area contributed by atoms with Crippen LogP contribution in [0.15, 0.2) is 27.2 Å². The van der Waals surface area contributed by atoms with Gasteiger partial charge in [0.2, 0.25) is 5.91 Å². The number of rotatable bonds is 5. The molecule has 0 aromatic carbocycles. The van der Waals surface area contributed by atoms with E-state index in [0.717, 1.165) is 26.1 Å². The van der Waals surface area contributed by atoms with Gasteiger partial charge < -0.3 is 19.1 Å². The molecule has 0 spiro atoms. The molecule has 0 aliphatic carbocycles. The van der Waals surface area contributed by atoms with Crippen molar-refractivity contribution in [1.82, 2.24) is 15.2 Å². The maximum absolute atomic E-state index is 12.4. The van der Waals surface area contributed by atoms with Crippen LogP contribution >= 0.6 is 0 Å². The Kier molecular flexibility index (Phi) is 4.29. The third-order valence-electron chi connectivity index (χ3n) is 4.07. The third kappa shape index (κ3) is 3.06. The van der Waals surface area contributed by atoms with Gasteiger partial charge in [0.15, 0.2) is 5.76 Å². The van der Waals surface area contributed by atoms with Gasteiger partial charge in [0.25, 0.3) is 5.89 Å². The molecule has 2 aromatic heterocycles. The Balaban J connectivity index is 1.65. The summed E-state index contributed by atoms with van der Waals surface area (Å²) in [6.07, 6.45) is 2.91. The Bertz CT molecular complexity index is 633. The standard InChI is InChI=1S/C16H21N3O3/c1-11-13(18-16(22-11)14-4-3-7-21-14)8-15(20)19-6-5-12(10-19)9-17-2/h3-4,7,12,17H,5-6,8-10H2,1-2H3. The van der Waals surface area contributed by atoms with Gasteiger partial charge in [-0.25, -0.2) is 4.98 Å². The highest BCUT2D eigenvalue weighted by Gasteiger charge is 2.27. The molecule has 0 radical (unpaired) electrons. The molecule has 1 aliphatic heterocycles. The maximum atomic E-state index is 12.4. The van der Waals surface area contributed by atoms with Crippen LogP contribution in [0.25, 0.3) is 11.7 Å². The van der Waals surface area contributed by atoms with Gasteiger partial charge in [0.05, 0.1) is 18.4 Å². The summed E-state index contributed by atoms with van der Waals surface area (Å²) >= 11 is 0. The Labute approximate surface area is 129 Å². The van der Waals surface area contributed by atoms with Gasteiger partial charge in [-0.15, -0.1) is 0 Å². The fourth-order valence-corrected chi connectivity index (χ4v) is 2.87. The Morgan fingerprint density at radius 2 is 2.41 bits per heavy atom. The van der Waals surface area contributed by atoms with Crippen LogP contribution < -0.4 is 5.32 Å². The zero-order chi connectivity index (χ0) is 15.5. The second-order valence-electron chi connectivity index (χ2n) is 5.73. The molecule has 1 unspecified atom stereocenters. The molecule has 1 aliphatic rings. The number of carbonyl (C=O) groups excluding carboxylic acids is 1. The number of carbonyl (C=O) groups is 1. The van der Waals surface area contributed by atoms with E-state index < -0.39 is 0 Å². The zero-order valence-electron chi connectivity index (χ0n) is 13.0. The smallest absolute Gasteiger partial charge is 0.263 e. The topological polar surface area (TPSA) is 71.5 Å². The summed E-state index contributed by atoms with van der Waals surface area (Å²) in [5.74, 6) is 2.34. The predicted octanol–water partition coefficient (Wildman–Crippen LogP) is 1.85. The molecule has 1 N–H and O–H groups in total. The summed E-state index contributed by atoms with van der Waals surface area (Å²) < 4.78 is 10.9. The lowest BCUT2D eigenvalue weighted by Gasteiger charge is -2.16. The van der Waals surface area contributed by atoms with E-state index in [1.54, 1.807) is 18.4 Å². The first-order valence-corrected chi connectivity index (χ1v) is 7.60. The van der Waals surface area contributed by atoms with Gasteiger partial charge >= 0.3 is 0 Å². The van der Waals surface area contributed by atoms with Crippen LogP contribution in [-0.2, 0) is 11.2 Å². The van der Waals surface area contributed by atoms with E-state index in [9.17, 15) is 4.79 Å². The van der Waals surface area contributed by atoms with Crippen LogP contribution in [0, 0.1) is 12.8 Å². The highest BCUT2D eigenvalue weighted by Crippen LogP contribution is 2.23. The van der Waals surface area contributed by atoms with Gasteiger partial charge in [-0.2, -0.15) is 0 Å². The molecule has 22 heavy (non-hydrogen) atoms. The summed E-state index contributed by atoms with van der Waals surface area (Å²) in [5.41, 5.74) is 0.688. The maximum Gasteiger partial charge on any atom is 0.263 e. The zero-order valence-corrected chi connectivity index (χ0v) is 13.0. The summed E-state index contributed by atoms with van der Waals surface area (Å²) in [6.45, 7) is 4.43. The van der Waals surface area contributed by atoms with E-state index in [0.29, 0.717) is 29.0 Å². The fourth-order valence-electron chi connectivity index (χ4n) is 2.87. The van der Waals surface area contributed by atoms with Crippen LogP contribution in [0.5, 0.6) is 0 Å². The number of nitrogens with zero attached hydrogens (tertiary/aromatic N) is 2. The van der Waals surface area contributed by atoms with E-state index in [2.05, 4.69) is 10.3 Å². The van der Waals surface area contributed by atoms with Crippen molar-refractivity contribution in [2.75, 3.05) is 26.7 Å². The van der Waals surface area contributed by atoms with E-state index in [1.807, 2.05) is 18.9 Å². The summed E-state index contributed by atoms with van der Waals surface area (Å²) in [5, 5.41) is 3.17. The Hall–Kier alpha value is -2.08. The first-order chi connectivity index (χ1) is 10.7. The van der Waals surface area contributed by atoms with Crippen LogP contribution in [0.4, 0.5) is 0 Å². The van der Waals surface area contributed by atoms with E-state index >= 15 is 0 Å². The molecule has 1 amide bonds. The number of hydrogen-bond donors (Lipinski definition) is 1. The van der Waals surface area contributed by atoms with Crippen molar-refractivity contribution in [3.8, 4) is 11.7 Å². The summed E-state index contributed by atoms with van der Waals surface area (Å²) in [7, 11) is 1.94. The first-order valence-electron chi connectivity index (χ1n) is 7.60. The highest BCUT2D eigenvalue weighted by atomic mass is 16.4. The number of aryl methyl sites for hydroxylation is 1. The summed E-state index contributed by atoms with van der Waals surface area (Å²) in [4.78, 5) is 18.7.